The van der Waals surface area contributed by atoms with Crippen LogP contribution in [0.4, 0.5) is 0 Å². The van der Waals surface area contributed by atoms with Crippen LogP contribution in [0.2, 0.25) is 0 Å². The lowest BCUT2D eigenvalue weighted by Gasteiger charge is -2.14. The lowest BCUT2D eigenvalue weighted by molar-refractivity contribution is 0.0699. The second-order valence-electron chi connectivity index (χ2n) is 6.05. The number of hydrogen-bond donors (Lipinski definition) is 1. The highest BCUT2D eigenvalue weighted by Crippen LogP contribution is 2.25. The van der Waals surface area contributed by atoms with Gasteiger partial charge in [0, 0.05) is 17.5 Å². The summed E-state index contributed by atoms with van der Waals surface area (Å²) in [6.45, 7) is 1.31. The minimum absolute atomic E-state index is 0.0264. The zero-order chi connectivity index (χ0) is 18.0. The van der Waals surface area contributed by atoms with E-state index in [1.165, 1.54) is 16.7 Å². The monoisotopic (exact) mass is 357 g/mol. The van der Waals surface area contributed by atoms with E-state index in [-0.39, 0.29) is 16.5 Å². The lowest BCUT2D eigenvalue weighted by atomic mass is 10.2. The third-order valence-corrected chi connectivity index (χ3v) is 4.82. The average molecular weight is 357 g/mol. The highest BCUT2D eigenvalue weighted by molar-refractivity contribution is 7.17. The Morgan fingerprint density at radius 2 is 2.00 bits per heavy atom. The molecule has 0 unspecified atom stereocenters. The number of carboxylic acid groups (broad SMARTS) is 1. The largest absolute Gasteiger partial charge is 0.478 e. The smallest absolute Gasteiger partial charge is 0.337 e. The Bertz CT molecular complexity index is 961. The van der Waals surface area contributed by atoms with Crippen molar-refractivity contribution in [1.29, 1.82) is 0 Å². The van der Waals surface area contributed by atoms with Crippen LogP contribution in [0.5, 0.6) is 0 Å². The standard InChI is InChI=1S/C18H19N3O3S/c1-20(2)9-6-10-21-15(12-7-4-3-5-8-12)19-16-14(17(21)22)13(11-25-16)18(23)24/h3-5,7-8,11H,6,9-10H2,1-2H3,(H,23,24). The maximum absolute atomic E-state index is 13.0. The van der Waals surface area contributed by atoms with E-state index >= 15 is 0 Å². The molecule has 0 bridgehead atoms. The summed E-state index contributed by atoms with van der Waals surface area (Å²) >= 11 is 1.19. The number of carbonyl (C=O) groups is 1. The summed E-state index contributed by atoms with van der Waals surface area (Å²) in [6, 6.07) is 9.51. The van der Waals surface area contributed by atoms with Gasteiger partial charge in [-0.2, -0.15) is 0 Å². The molecule has 1 N–H and O–H groups in total. The van der Waals surface area contributed by atoms with Gasteiger partial charge in [-0.1, -0.05) is 30.3 Å². The van der Waals surface area contributed by atoms with E-state index in [4.69, 9.17) is 0 Å². The van der Waals surface area contributed by atoms with Crippen molar-refractivity contribution in [2.75, 3.05) is 20.6 Å². The fourth-order valence-corrected chi connectivity index (χ4v) is 3.64. The van der Waals surface area contributed by atoms with Gasteiger partial charge in [-0.25, -0.2) is 9.78 Å². The minimum atomic E-state index is -1.10. The van der Waals surface area contributed by atoms with Crippen LogP contribution in [-0.2, 0) is 6.54 Å². The van der Waals surface area contributed by atoms with E-state index in [0.29, 0.717) is 17.2 Å². The van der Waals surface area contributed by atoms with Gasteiger partial charge in [-0.3, -0.25) is 9.36 Å². The molecule has 1 aromatic carbocycles. The van der Waals surface area contributed by atoms with Gasteiger partial charge in [0.05, 0.1) is 10.9 Å². The van der Waals surface area contributed by atoms with E-state index in [0.717, 1.165) is 18.5 Å². The molecular formula is C18H19N3O3S. The van der Waals surface area contributed by atoms with Crippen molar-refractivity contribution in [2.45, 2.75) is 13.0 Å². The lowest BCUT2D eigenvalue weighted by Crippen LogP contribution is -2.26. The van der Waals surface area contributed by atoms with E-state index in [9.17, 15) is 14.7 Å². The van der Waals surface area contributed by atoms with E-state index in [2.05, 4.69) is 4.98 Å². The predicted octanol–water partition coefficient (Wildman–Crippen LogP) is 2.77. The van der Waals surface area contributed by atoms with Crippen LogP contribution >= 0.6 is 11.3 Å². The normalized spacial score (nSPS) is 11.3. The summed E-state index contributed by atoms with van der Waals surface area (Å²) in [7, 11) is 3.95. The second-order valence-corrected chi connectivity index (χ2v) is 6.91. The van der Waals surface area contributed by atoms with Crippen LogP contribution in [0, 0.1) is 0 Å². The molecule has 2 aromatic heterocycles. The predicted molar refractivity (Wildman–Crippen MR) is 99.4 cm³/mol. The topological polar surface area (TPSA) is 75.4 Å². The Morgan fingerprint density at radius 1 is 1.28 bits per heavy atom. The van der Waals surface area contributed by atoms with Gasteiger partial charge in [0.25, 0.3) is 5.56 Å². The zero-order valence-electron chi connectivity index (χ0n) is 14.1. The van der Waals surface area contributed by atoms with Crippen molar-refractivity contribution in [2.24, 2.45) is 0 Å². The molecule has 0 atom stereocenters. The highest BCUT2D eigenvalue weighted by Gasteiger charge is 2.20. The molecule has 6 nitrogen and oxygen atoms in total. The third kappa shape index (κ3) is 3.47. The molecule has 0 fully saturated rings. The number of rotatable bonds is 6. The van der Waals surface area contributed by atoms with Crippen LogP contribution < -0.4 is 5.56 Å². The summed E-state index contributed by atoms with van der Waals surface area (Å²) in [5.74, 6) is -0.520. The average Bonchev–Trinajstić information content (AvgIpc) is 3.01. The Labute approximate surface area is 149 Å². The van der Waals surface area contributed by atoms with Gasteiger partial charge in [-0.15, -0.1) is 11.3 Å². The Kier molecular flexibility index (Phi) is 4.96. The van der Waals surface area contributed by atoms with Crippen LogP contribution in [0.15, 0.2) is 40.5 Å². The van der Waals surface area contributed by atoms with E-state index in [1.54, 1.807) is 4.57 Å². The molecule has 0 amide bonds. The first-order valence-electron chi connectivity index (χ1n) is 7.94. The Hall–Kier alpha value is -2.51. The highest BCUT2D eigenvalue weighted by atomic mass is 32.1. The van der Waals surface area contributed by atoms with Gasteiger partial charge < -0.3 is 10.0 Å². The maximum Gasteiger partial charge on any atom is 0.337 e. The molecule has 0 aliphatic carbocycles. The Morgan fingerprint density at radius 3 is 2.64 bits per heavy atom. The molecule has 0 aliphatic heterocycles. The van der Waals surface area contributed by atoms with Gasteiger partial charge in [0.2, 0.25) is 0 Å². The van der Waals surface area contributed by atoms with Crippen molar-refractivity contribution >= 4 is 27.5 Å². The minimum Gasteiger partial charge on any atom is -0.478 e. The quantitative estimate of drug-likeness (QED) is 0.734. The first-order valence-corrected chi connectivity index (χ1v) is 8.82. The van der Waals surface area contributed by atoms with Crippen LogP contribution in [0.3, 0.4) is 0 Å². The fraction of sp³-hybridized carbons (Fsp3) is 0.278. The van der Waals surface area contributed by atoms with Gasteiger partial charge in [-0.05, 0) is 27.1 Å². The third-order valence-electron chi connectivity index (χ3n) is 3.94. The zero-order valence-corrected chi connectivity index (χ0v) is 14.9. The van der Waals surface area contributed by atoms with Gasteiger partial charge in [0.1, 0.15) is 10.7 Å². The first kappa shape index (κ1) is 17.3. The van der Waals surface area contributed by atoms with E-state index in [1.807, 2.05) is 49.3 Å². The molecule has 0 spiro atoms. The summed E-state index contributed by atoms with van der Waals surface area (Å²) in [5.41, 5.74) is 0.580. The van der Waals surface area contributed by atoms with E-state index < -0.39 is 5.97 Å². The number of benzene rings is 1. The molecule has 0 radical (unpaired) electrons. The number of hydrogen-bond acceptors (Lipinski definition) is 5. The number of fused-ring (bicyclic) bond motifs is 1. The molecule has 130 valence electrons. The van der Waals surface area contributed by atoms with Crippen LogP contribution in [-0.4, -0.2) is 46.2 Å². The van der Waals surface area contributed by atoms with Crippen LogP contribution in [0.1, 0.15) is 16.8 Å². The maximum atomic E-state index is 13.0. The van der Waals surface area contributed by atoms with Crippen molar-refractivity contribution in [3.63, 3.8) is 0 Å². The van der Waals surface area contributed by atoms with Crippen molar-refractivity contribution in [3.05, 3.63) is 51.6 Å². The fourth-order valence-electron chi connectivity index (χ4n) is 2.74. The molecule has 25 heavy (non-hydrogen) atoms. The molecule has 7 heteroatoms. The summed E-state index contributed by atoms with van der Waals surface area (Å²) in [5, 5.41) is 11.0. The number of aromatic carboxylic acids is 1. The summed E-state index contributed by atoms with van der Waals surface area (Å²) in [4.78, 5) is 31.6. The molecular weight excluding hydrogens is 338 g/mol. The van der Waals surface area contributed by atoms with Crippen molar-refractivity contribution in [1.82, 2.24) is 14.5 Å². The summed E-state index contributed by atoms with van der Waals surface area (Å²) < 4.78 is 1.60. The molecule has 2 heterocycles. The van der Waals surface area contributed by atoms with Crippen molar-refractivity contribution in [3.8, 4) is 11.4 Å². The second kappa shape index (κ2) is 7.16. The molecule has 0 saturated carbocycles. The number of carboxylic acids is 1. The van der Waals surface area contributed by atoms with Crippen molar-refractivity contribution < 1.29 is 9.90 Å². The number of thiophene rings is 1. The first-order chi connectivity index (χ1) is 12.0. The SMILES string of the molecule is CN(C)CCCn1c(-c2ccccc2)nc2scc(C(=O)O)c2c1=O. The molecule has 0 saturated heterocycles. The van der Waals surface area contributed by atoms with Crippen LogP contribution in [0.25, 0.3) is 21.6 Å². The number of aromatic nitrogens is 2. The van der Waals surface area contributed by atoms with Gasteiger partial charge in [0.15, 0.2) is 0 Å². The molecule has 3 rings (SSSR count). The number of nitrogens with zero attached hydrogens (tertiary/aromatic N) is 3. The summed E-state index contributed by atoms with van der Waals surface area (Å²) in [6.07, 6.45) is 0.770. The van der Waals surface area contributed by atoms with Gasteiger partial charge >= 0.3 is 5.97 Å². The molecule has 0 aliphatic rings. The Balaban J connectivity index is 2.19. The molecule has 3 aromatic rings.